The maximum atomic E-state index is 12.5. The minimum Gasteiger partial charge on any atom is -0.361 e. The number of hydrogen-bond acceptors (Lipinski definition) is 2. The van der Waals surface area contributed by atoms with Crippen LogP contribution in [0, 0.1) is 0 Å². The highest BCUT2D eigenvalue weighted by atomic mass is 35.5. The van der Waals surface area contributed by atoms with Crippen LogP contribution in [0.25, 0.3) is 10.9 Å². The fourth-order valence-corrected chi connectivity index (χ4v) is 4.06. The van der Waals surface area contributed by atoms with Crippen LogP contribution < -0.4 is 5.32 Å². The van der Waals surface area contributed by atoms with Crippen molar-refractivity contribution in [2.75, 3.05) is 6.54 Å². The number of nitrogens with one attached hydrogen (secondary N) is 2. The van der Waals surface area contributed by atoms with Crippen molar-refractivity contribution in [3.8, 4) is 0 Å². The van der Waals surface area contributed by atoms with E-state index in [2.05, 4.69) is 33.2 Å². The molecule has 2 N–H and O–H groups in total. The average molecular weight is 395 g/mol. The Labute approximate surface area is 167 Å². The van der Waals surface area contributed by atoms with Crippen LogP contribution in [0.1, 0.15) is 27.0 Å². The minimum absolute atomic E-state index is 0.0416. The normalized spacial score (nSPS) is 11.0. The lowest BCUT2D eigenvalue weighted by Crippen LogP contribution is -2.25. The largest absolute Gasteiger partial charge is 0.361 e. The summed E-state index contributed by atoms with van der Waals surface area (Å²) in [6, 6.07) is 15.7. The van der Waals surface area contributed by atoms with E-state index in [1.165, 1.54) is 5.56 Å². The topological polar surface area (TPSA) is 44.9 Å². The average Bonchev–Trinajstić information content (AvgIpc) is 3.32. The highest BCUT2D eigenvalue weighted by molar-refractivity contribution is 7.07. The molecule has 0 saturated heterocycles. The molecule has 1 amide bonds. The Morgan fingerprint density at radius 3 is 2.89 bits per heavy atom. The zero-order valence-electron chi connectivity index (χ0n) is 14.7. The number of aromatic nitrogens is 1. The number of carbonyl (C=O) groups excluding carboxylic acids is 1. The van der Waals surface area contributed by atoms with E-state index in [-0.39, 0.29) is 5.91 Å². The van der Waals surface area contributed by atoms with Crippen LogP contribution in [0.3, 0.4) is 0 Å². The van der Waals surface area contributed by atoms with E-state index in [9.17, 15) is 4.79 Å². The number of carbonyl (C=O) groups is 1. The Morgan fingerprint density at radius 2 is 2.04 bits per heavy atom. The number of benzene rings is 2. The Balaban J connectivity index is 1.38. The summed E-state index contributed by atoms with van der Waals surface area (Å²) >= 11 is 7.79. The zero-order valence-corrected chi connectivity index (χ0v) is 16.2. The van der Waals surface area contributed by atoms with Gasteiger partial charge in [-0.15, -0.1) is 0 Å². The summed E-state index contributed by atoms with van der Waals surface area (Å²) in [5.41, 5.74) is 5.33. The van der Waals surface area contributed by atoms with Gasteiger partial charge in [0.2, 0.25) is 0 Å². The Bertz CT molecular complexity index is 1070. The molecule has 0 aliphatic rings. The molecule has 2 aromatic carbocycles. The lowest BCUT2D eigenvalue weighted by Gasteiger charge is -2.07. The quantitative estimate of drug-likeness (QED) is 0.449. The van der Waals surface area contributed by atoms with Crippen molar-refractivity contribution < 1.29 is 4.79 Å². The van der Waals surface area contributed by atoms with Crippen LogP contribution >= 0.6 is 22.9 Å². The van der Waals surface area contributed by atoms with E-state index in [1.54, 1.807) is 11.3 Å². The second-order valence-electron chi connectivity index (χ2n) is 6.52. The van der Waals surface area contributed by atoms with E-state index < -0.39 is 0 Å². The molecule has 0 aliphatic heterocycles. The third kappa shape index (κ3) is 4.24. The number of aromatic amines is 1. The number of halogens is 1. The molecule has 0 fully saturated rings. The van der Waals surface area contributed by atoms with Crippen molar-refractivity contribution >= 4 is 39.7 Å². The summed E-state index contributed by atoms with van der Waals surface area (Å²) < 4.78 is 0. The van der Waals surface area contributed by atoms with E-state index in [0.717, 1.165) is 39.9 Å². The second kappa shape index (κ2) is 7.99. The predicted octanol–water partition coefficient (Wildman–Crippen LogP) is 5.45. The molecule has 2 aromatic heterocycles. The Morgan fingerprint density at radius 1 is 1.11 bits per heavy atom. The molecule has 5 heteroatoms. The van der Waals surface area contributed by atoms with Crippen LogP contribution in [0.2, 0.25) is 5.02 Å². The first-order chi connectivity index (χ1) is 13.2. The first-order valence-electron chi connectivity index (χ1n) is 8.83. The monoisotopic (exact) mass is 394 g/mol. The van der Waals surface area contributed by atoms with Gasteiger partial charge >= 0.3 is 0 Å². The van der Waals surface area contributed by atoms with Gasteiger partial charge in [-0.3, -0.25) is 4.79 Å². The summed E-state index contributed by atoms with van der Waals surface area (Å²) in [6.45, 7) is 0.576. The highest BCUT2D eigenvalue weighted by Crippen LogP contribution is 2.22. The van der Waals surface area contributed by atoms with Crippen LogP contribution in [0.15, 0.2) is 65.5 Å². The van der Waals surface area contributed by atoms with Crippen molar-refractivity contribution in [2.45, 2.75) is 12.8 Å². The molecule has 27 heavy (non-hydrogen) atoms. The van der Waals surface area contributed by atoms with Gasteiger partial charge in [0, 0.05) is 34.2 Å². The number of thiophene rings is 1. The van der Waals surface area contributed by atoms with E-state index >= 15 is 0 Å². The molecule has 0 aliphatic carbocycles. The number of hydrogen-bond donors (Lipinski definition) is 2. The van der Waals surface area contributed by atoms with Crippen LogP contribution in [-0.2, 0) is 12.8 Å². The smallest absolute Gasteiger partial charge is 0.251 e. The van der Waals surface area contributed by atoms with Gasteiger partial charge in [0.05, 0.1) is 0 Å². The maximum absolute atomic E-state index is 12.5. The lowest BCUT2D eigenvalue weighted by molar-refractivity contribution is 0.0954. The van der Waals surface area contributed by atoms with Crippen molar-refractivity contribution in [3.63, 3.8) is 0 Å². The molecule has 0 spiro atoms. The van der Waals surface area contributed by atoms with Gasteiger partial charge in [0.1, 0.15) is 0 Å². The third-order valence-corrected chi connectivity index (χ3v) is 5.55. The summed E-state index contributed by atoms with van der Waals surface area (Å²) in [5.74, 6) is -0.0416. The van der Waals surface area contributed by atoms with Gasteiger partial charge in [-0.25, -0.2) is 0 Å². The number of amides is 1. The summed E-state index contributed by atoms with van der Waals surface area (Å²) in [7, 11) is 0. The number of fused-ring (bicyclic) bond motifs is 1. The molecule has 4 rings (SSSR count). The Kier molecular flexibility index (Phi) is 5.28. The molecule has 0 unspecified atom stereocenters. The SMILES string of the molecule is O=C(NCCc1c[nH]c2ccc(Cl)cc12)c1cccc(Cc2ccsc2)c1. The zero-order chi connectivity index (χ0) is 18.6. The minimum atomic E-state index is -0.0416. The van der Waals surface area contributed by atoms with Gasteiger partial charge < -0.3 is 10.3 Å². The third-order valence-electron chi connectivity index (χ3n) is 4.59. The molecule has 2 heterocycles. The highest BCUT2D eigenvalue weighted by Gasteiger charge is 2.08. The molecule has 0 saturated carbocycles. The molecule has 0 bridgehead atoms. The summed E-state index contributed by atoms with van der Waals surface area (Å²) in [4.78, 5) is 15.8. The van der Waals surface area contributed by atoms with Gasteiger partial charge in [0.25, 0.3) is 5.91 Å². The van der Waals surface area contributed by atoms with Gasteiger partial charge in [-0.1, -0.05) is 23.7 Å². The van der Waals surface area contributed by atoms with Gasteiger partial charge in [-0.2, -0.15) is 11.3 Å². The van der Waals surface area contributed by atoms with Crippen LogP contribution in [-0.4, -0.2) is 17.4 Å². The molecular weight excluding hydrogens is 376 g/mol. The van der Waals surface area contributed by atoms with Crippen LogP contribution in [0.5, 0.6) is 0 Å². The summed E-state index contributed by atoms with van der Waals surface area (Å²) in [5, 5.41) is 9.05. The second-order valence-corrected chi connectivity index (χ2v) is 7.73. The Hall–Kier alpha value is -2.56. The van der Waals surface area contributed by atoms with E-state index in [1.807, 2.05) is 42.6 Å². The van der Waals surface area contributed by atoms with Gasteiger partial charge in [0.15, 0.2) is 0 Å². The van der Waals surface area contributed by atoms with Crippen molar-refractivity contribution in [2.24, 2.45) is 0 Å². The fraction of sp³-hybridized carbons (Fsp3) is 0.136. The first-order valence-corrected chi connectivity index (χ1v) is 10.1. The molecule has 136 valence electrons. The number of H-pyrrole nitrogens is 1. The van der Waals surface area contributed by atoms with Gasteiger partial charge in [-0.05, 0) is 76.7 Å². The molecule has 3 nitrogen and oxygen atoms in total. The fourth-order valence-electron chi connectivity index (χ4n) is 3.22. The van der Waals surface area contributed by atoms with E-state index in [0.29, 0.717) is 12.1 Å². The molecular formula is C22H19ClN2OS. The van der Waals surface area contributed by atoms with Crippen LogP contribution in [0.4, 0.5) is 0 Å². The van der Waals surface area contributed by atoms with E-state index in [4.69, 9.17) is 11.6 Å². The standard InChI is InChI=1S/C22H19ClN2OS/c23-19-4-5-21-20(12-19)18(13-25-21)6-8-24-22(26)17-3-1-2-15(11-17)10-16-7-9-27-14-16/h1-5,7,9,11-14,25H,6,8,10H2,(H,24,26). The first kappa shape index (κ1) is 17.8. The molecule has 0 atom stereocenters. The van der Waals surface area contributed by atoms with Crippen molar-refractivity contribution in [3.05, 3.63) is 92.8 Å². The molecule has 0 radical (unpaired) electrons. The van der Waals surface area contributed by atoms with Crippen molar-refractivity contribution in [1.82, 2.24) is 10.3 Å². The number of rotatable bonds is 6. The molecule has 4 aromatic rings. The maximum Gasteiger partial charge on any atom is 0.251 e. The summed E-state index contributed by atoms with van der Waals surface area (Å²) in [6.07, 6.45) is 3.58. The lowest BCUT2D eigenvalue weighted by atomic mass is 10.0. The van der Waals surface area contributed by atoms with Crippen molar-refractivity contribution in [1.29, 1.82) is 0 Å². The predicted molar refractivity (Wildman–Crippen MR) is 113 cm³/mol.